The van der Waals surface area contributed by atoms with Crippen LogP contribution in [0.5, 0.6) is 5.75 Å². The molecule has 8 heteroatoms. The Hall–Kier alpha value is -2.09. The Morgan fingerprint density at radius 1 is 1.50 bits per heavy atom. The van der Waals surface area contributed by atoms with Crippen LogP contribution >= 0.6 is 11.8 Å². The molecule has 1 heterocycles. The van der Waals surface area contributed by atoms with Crippen LogP contribution in [-0.4, -0.2) is 39.0 Å². The van der Waals surface area contributed by atoms with E-state index in [0.717, 1.165) is 11.3 Å². The number of nitrogens with two attached hydrogens (primary N) is 1. The van der Waals surface area contributed by atoms with Gasteiger partial charge in [-0.2, -0.15) is 4.68 Å². The van der Waals surface area contributed by atoms with Crippen LogP contribution in [0.1, 0.15) is 12.0 Å². The molecule has 0 spiro atoms. The van der Waals surface area contributed by atoms with Crippen LogP contribution in [-0.2, 0) is 4.79 Å². The molecule has 1 amide bonds. The number of amides is 1. The van der Waals surface area contributed by atoms with E-state index in [2.05, 4.69) is 15.5 Å². The fourth-order valence-corrected chi connectivity index (χ4v) is 2.47. The van der Waals surface area contributed by atoms with Crippen molar-refractivity contribution in [1.29, 1.82) is 0 Å². The molecule has 0 fully saturated rings. The van der Waals surface area contributed by atoms with Crippen molar-refractivity contribution in [2.75, 3.05) is 12.9 Å². The maximum Gasteiger partial charge on any atom is 0.218 e. The molecule has 0 aliphatic heterocycles. The van der Waals surface area contributed by atoms with E-state index in [0.29, 0.717) is 16.7 Å². The number of ether oxygens (including phenoxy) is 1. The SMILES string of the molecule is COc1ccc(C)cc1-n1nnnc1SCCC(N)=O. The fraction of sp³-hybridized carbons (Fsp3) is 0.333. The summed E-state index contributed by atoms with van der Waals surface area (Å²) in [7, 11) is 1.60. The lowest BCUT2D eigenvalue weighted by Crippen LogP contribution is -2.11. The zero-order valence-corrected chi connectivity index (χ0v) is 12.1. The molecule has 0 radical (unpaired) electrons. The van der Waals surface area contributed by atoms with Gasteiger partial charge in [-0.05, 0) is 35.0 Å². The first-order valence-corrected chi connectivity index (χ1v) is 6.95. The minimum atomic E-state index is -0.343. The number of rotatable bonds is 6. The number of carbonyl (C=O) groups excluding carboxylic acids is 1. The molecule has 2 rings (SSSR count). The maximum absolute atomic E-state index is 10.8. The number of tetrazole rings is 1. The first-order valence-electron chi connectivity index (χ1n) is 5.96. The number of aromatic nitrogens is 4. The highest BCUT2D eigenvalue weighted by molar-refractivity contribution is 7.99. The van der Waals surface area contributed by atoms with Gasteiger partial charge in [-0.25, -0.2) is 0 Å². The molecule has 7 nitrogen and oxygen atoms in total. The van der Waals surface area contributed by atoms with Crippen molar-refractivity contribution in [2.45, 2.75) is 18.5 Å². The van der Waals surface area contributed by atoms with Crippen molar-refractivity contribution < 1.29 is 9.53 Å². The largest absolute Gasteiger partial charge is 0.494 e. The van der Waals surface area contributed by atoms with Crippen LogP contribution in [0, 0.1) is 6.92 Å². The Bertz CT molecular complexity index is 614. The Morgan fingerprint density at radius 2 is 2.30 bits per heavy atom. The first-order chi connectivity index (χ1) is 9.61. The average Bonchev–Trinajstić information content (AvgIpc) is 2.86. The van der Waals surface area contributed by atoms with Gasteiger partial charge in [0.05, 0.1) is 7.11 Å². The number of methoxy groups -OCH3 is 1. The van der Waals surface area contributed by atoms with Crippen LogP contribution < -0.4 is 10.5 Å². The van der Waals surface area contributed by atoms with Gasteiger partial charge < -0.3 is 10.5 Å². The predicted molar refractivity (Wildman–Crippen MR) is 75.0 cm³/mol. The lowest BCUT2D eigenvalue weighted by atomic mass is 10.2. The zero-order valence-electron chi connectivity index (χ0n) is 11.2. The number of thioether (sulfide) groups is 1. The molecule has 0 aliphatic carbocycles. The molecule has 2 N–H and O–H groups in total. The van der Waals surface area contributed by atoms with E-state index in [4.69, 9.17) is 10.5 Å². The summed E-state index contributed by atoms with van der Waals surface area (Å²) in [6.07, 6.45) is 0.280. The van der Waals surface area contributed by atoms with Gasteiger partial charge in [-0.15, -0.1) is 5.10 Å². The van der Waals surface area contributed by atoms with E-state index in [1.54, 1.807) is 11.8 Å². The minimum absolute atomic E-state index is 0.280. The van der Waals surface area contributed by atoms with Crippen molar-refractivity contribution >= 4 is 17.7 Å². The smallest absolute Gasteiger partial charge is 0.218 e. The molecule has 0 unspecified atom stereocenters. The molecule has 106 valence electrons. The monoisotopic (exact) mass is 293 g/mol. The highest BCUT2D eigenvalue weighted by Gasteiger charge is 2.13. The van der Waals surface area contributed by atoms with Crippen molar-refractivity contribution in [3.8, 4) is 11.4 Å². The predicted octanol–water partition coefficient (Wildman–Crippen LogP) is 0.947. The van der Waals surface area contributed by atoms with E-state index in [-0.39, 0.29) is 12.3 Å². The molecule has 0 aliphatic rings. The van der Waals surface area contributed by atoms with Gasteiger partial charge in [0.15, 0.2) is 0 Å². The normalized spacial score (nSPS) is 10.5. The first kappa shape index (κ1) is 14.3. The summed E-state index contributed by atoms with van der Waals surface area (Å²) in [6, 6.07) is 5.75. The molecule has 2 aromatic rings. The van der Waals surface area contributed by atoms with Gasteiger partial charge in [0.25, 0.3) is 0 Å². The third-order valence-corrected chi connectivity index (χ3v) is 3.50. The van der Waals surface area contributed by atoms with Gasteiger partial charge in [0.2, 0.25) is 11.1 Å². The second-order valence-corrected chi connectivity index (χ2v) is 5.18. The molecule has 0 saturated heterocycles. The van der Waals surface area contributed by atoms with Crippen LogP contribution in [0.15, 0.2) is 23.4 Å². The summed E-state index contributed by atoms with van der Waals surface area (Å²) in [5.41, 5.74) is 6.95. The van der Waals surface area contributed by atoms with Gasteiger partial charge in [0, 0.05) is 12.2 Å². The van der Waals surface area contributed by atoms with E-state index in [1.807, 2.05) is 25.1 Å². The molecule has 1 aromatic carbocycles. The Labute approximate surface area is 120 Å². The number of hydrogen-bond acceptors (Lipinski definition) is 6. The summed E-state index contributed by atoms with van der Waals surface area (Å²) in [6.45, 7) is 1.98. The summed E-state index contributed by atoms with van der Waals surface area (Å²) < 4.78 is 6.92. The molecule has 20 heavy (non-hydrogen) atoms. The van der Waals surface area contributed by atoms with Crippen molar-refractivity contribution in [1.82, 2.24) is 20.2 Å². The molecular formula is C12H15N5O2S. The zero-order chi connectivity index (χ0) is 14.5. The van der Waals surface area contributed by atoms with Gasteiger partial charge >= 0.3 is 0 Å². The molecule has 1 aromatic heterocycles. The minimum Gasteiger partial charge on any atom is -0.494 e. The third kappa shape index (κ3) is 3.27. The summed E-state index contributed by atoms with van der Waals surface area (Å²) in [4.78, 5) is 10.8. The molecule has 0 bridgehead atoms. The Balaban J connectivity index is 2.27. The van der Waals surface area contributed by atoms with Gasteiger partial charge in [0.1, 0.15) is 11.4 Å². The Morgan fingerprint density at radius 3 is 3.00 bits per heavy atom. The standard InChI is InChI=1S/C12H15N5O2S/c1-8-3-4-10(19-2)9(7-8)17-12(14-15-16-17)20-6-5-11(13)18/h3-4,7H,5-6H2,1-2H3,(H2,13,18). The van der Waals surface area contributed by atoms with Crippen LogP contribution in [0.4, 0.5) is 0 Å². The maximum atomic E-state index is 10.8. The van der Waals surface area contributed by atoms with Gasteiger partial charge in [-0.3, -0.25) is 4.79 Å². The topological polar surface area (TPSA) is 95.9 Å². The second kappa shape index (κ2) is 6.38. The van der Waals surface area contributed by atoms with E-state index >= 15 is 0 Å². The van der Waals surface area contributed by atoms with Gasteiger partial charge in [-0.1, -0.05) is 17.8 Å². The molecule has 0 saturated carbocycles. The molecular weight excluding hydrogens is 278 g/mol. The second-order valence-electron chi connectivity index (χ2n) is 4.11. The lowest BCUT2D eigenvalue weighted by Gasteiger charge is -2.10. The number of hydrogen-bond donors (Lipinski definition) is 1. The summed E-state index contributed by atoms with van der Waals surface area (Å²) >= 11 is 1.37. The number of aryl methyl sites for hydroxylation is 1. The fourth-order valence-electron chi connectivity index (χ4n) is 1.63. The third-order valence-electron chi connectivity index (χ3n) is 2.58. The van der Waals surface area contributed by atoms with Crippen LogP contribution in [0.3, 0.4) is 0 Å². The summed E-state index contributed by atoms with van der Waals surface area (Å²) in [5, 5.41) is 12.2. The van der Waals surface area contributed by atoms with Crippen LogP contribution in [0.25, 0.3) is 5.69 Å². The quantitative estimate of drug-likeness (QED) is 0.796. The summed E-state index contributed by atoms with van der Waals surface area (Å²) in [5.74, 6) is 0.869. The van der Waals surface area contributed by atoms with Crippen molar-refractivity contribution in [3.05, 3.63) is 23.8 Å². The van der Waals surface area contributed by atoms with E-state index < -0.39 is 0 Å². The van der Waals surface area contributed by atoms with Crippen molar-refractivity contribution in [2.24, 2.45) is 5.73 Å². The lowest BCUT2D eigenvalue weighted by molar-refractivity contribution is -0.117. The number of benzene rings is 1. The number of carbonyl (C=O) groups is 1. The highest BCUT2D eigenvalue weighted by atomic mass is 32.2. The Kier molecular flexibility index (Phi) is 4.57. The van der Waals surface area contributed by atoms with Crippen molar-refractivity contribution in [3.63, 3.8) is 0 Å². The van der Waals surface area contributed by atoms with E-state index in [9.17, 15) is 4.79 Å². The van der Waals surface area contributed by atoms with Crippen LogP contribution in [0.2, 0.25) is 0 Å². The average molecular weight is 293 g/mol. The van der Waals surface area contributed by atoms with E-state index in [1.165, 1.54) is 11.8 Å². The highest BCUT2D eigenvalue weighted by Crippen LogP contribution is 2.27. The number of nitrogens with zero attached hydrogens (tertiary/aromatic N) is 4. The molecule has 0 atom stereocenters. The number of primary amides is 1.